The van der Waals surface area contributed by atoms with Gasteiger partial charge in [-0.25, -0.2) is 4.79 Å². The molecule has 7 nitrogen and oxygen atoms in total. The van der Waals surface area contributed by atoms with Crippen LogP contribution >= 0.6 is 15.9 Å². The summed E-state index contributed by atoms with van der Waals surface area (Å²) in [6.07, 6.45) is 3.01. The van der Waals surface area contributed by atoms with E-state index in [1.165, 1.54) is 12.4 Å². The van der Waals surface area contributed by atoms with E-state index in [0.717, 1.165) is 6.07 Å². The van der Waals surface area contributed by atoms with Crippen LogP contribution < -0.4 is 16.6 Å². The van der Waals surface area contributed by atoms with Crippen molar-refractivity contribution in [1.82, 2.24) is 15.0 Å². The minimum atomic E-state index is -0.735. The molecular formula is C10H7BrN4O3. The second kappa shape index (κ2) is 4.96. The van der Waals surface area contributed by atoms with Crippen LogP contribution in [0.1, 0.15) is 10.5 Å². The fourth-order valence-corrected chi connectivity index (χ4v) is 1.61. The van der Waals surface area contributed by atoms with E-state index in [1.807, 2.05) is 4.98 Å². The summed E-state index contributed by atoms with van der Waals surface area (Å²) in [5.74, 6) is -0.592. The van der Waals surface area contributed by atoms with Crippen molar-refractivity contribution in [1.29, 1.82) is 0 Å². The molecule has 0 bridgehead atoms. The monoisotopic (exact) mass is 310 g/mol. The summed E-state index contributed by atoms with van der Waals surface area (Å²) >= 11 is 3.21. The third-order valence-corrected chi connectivity index (χ3v) is 2.66. The molecule has 2 rings (SSSR count). The topological polar surface area (TPSA) is 108 Å². The zero-order valence-electron chi connectivity index (χ0n) is 8.86. The number of anilines is 1. The summed E-state index contributed by atoms with van der Waals surface area (Å²) in [5.41, 5.74) is -1.01. The van der Waals surface area contributed by atoms with E-state index in [-0.39, 0.29) is 5.69 Å². The summed E-state index contributed by atoms with van der Waals surface area (Å²) in [6.45, 7) is 0. The molecule has 8 heteroatoms. The first-order valence-electron chi connectivity index (χ1n) is 4.81. The van der Waals surface area contributed by atoms with Crippen molar-refractivity contribution in [2.24, 2.45) is 0 Å². The number of hydrogen-bond donors (Lipinski definition) is 3. The zero-order valence-corrected chi connectivity index (χ0v) is 10.4. The Kier molecular flexibility index (Phi) is 3.38. The average molecular weight is 311 g/mol. The van der Waals surface area contributed by atoms with Crippen LogP contribution in [0.25, 0.3) is 0 Å². The molecule has 0 aromatic carbocycles. The summed E-state index contributed by atoms with van der Waals surface area (Å²) in [7, 11) is 0. The lowest BCUT2D eigenvalue weighted by atomic mass is 10.3. The standard InChI is InChI=1S/C10H7BrN4O3/c11-5-4-12-2-1-6(5)13-9(17)7-3-8(16)15-10(18)14-7/h1-4H,(H,12,13,17)(H2,14,15,16,18). The Morgan fingerprint density at radius 1 is 1.33 bits per heavy atom. The molecule has 0 spiro atoms. The number of halogens is 1. The van der Waals surface area contributed by atoms with Crippen LogP contribution in [-0.4, -0.2) is 20.9 Å². The Morgan fingerprint density at radius 3 is 2.78 bits per heavy atom. The molecule has 1 amide bonds. The number of H-pyrrole nitrogens is 2. The summed E-state index contributed by atoms with van der Waals surface area (Å²) in [6, 6.07) is 2.58. The highest BCUT2D eigenvalue weighted by Gasteiger charge is 2.09. The van der Waals surface area contributed by atoms with Gasteiger partial charge < -0.3 is 10.3 Å². The van der Waals surface area contributed by atoms with E-state index in [2.05, 4.69) is 31.2 Å². The summed E-state index contributed by atoms with van der Waals surface area (Å²) < 4.78 is 0.588. The van der Waals surface area contributed by atoms with Crippen molar-refractivity contribution in [3.63, 3.8) is 0 Å². The van der Waals surface area contributed by atoms with Gasteiger partial charge in [-0.3, -0.25) is 19.6 Å². The summed E-state index contributed by atoms with van der Waals surface area (Å²) in [4.78, 5) is 41.9. The van der Waals surface area contributed by atoms with Crippen LogP contribution in [0.3, 0.4) is 0 Å². The van der Waals surface area contributed by atoms with Gasteiger partial charge in [0.05, 0.1) is 10.2 Å². The van der Waals surface area contributed by atoms with Crippen molar-refractivity contribution < 1.29 is 4.79 Å². The number of nitrogens with zero attached hydrogens (tertiary/aromatic N) is 1. The van der Waals surface area contributed by atoms with Gasteiger partial charge in [0.15, 0.2) is 0 Å². The van der Waals surface area contributed by atoms with Gasteiger partial charge in [0.25, 0.3) is 11.5 Å². The van der Waals surface area contributed by atoms with Crippen LogP contribution in [0.5, 0.6) is 0 Å². The quantitative estimate of drug-likeness (QED) is 0.749. The first kappa shape index (κ1) is 12.2. The Morgan fingerprint density at radius 2 is 2.11 bits per heavy atom. The molecule has 2 aromatic heterocycles. The lowest BCUT2D eigenvalue weighted by Gasteiger charge is -2.05. The molecule has 0 saturated carbocycles. The van der Waals surface area contributed by atoms with Gasteiger partial charge in [-0.1, -0.05) is 0 Å². The molecule has 0 saturated heterocycles. The maximum absolute atomic E-state index is 11.8. The van der Waals surface area contributed by atoms with Gasteiger partial charge >= 0.3 is 5.69 Å². The molecule has 2 heterocycles. The van der Waals surface area contributed by atoms with Crippen molar-refractivity contribution in [3.8, 4) is 0 Å². The molecule has 0 radical (unpaired) electrons. The van der Waals surface area contributed by atoms with Gasteiger partial charge in [0.2, 0.25) is 0 Å². The SMILES string of the molecule is O=C(Nc1ccncc1Br)c1cc(=O)[nH]c(=O)[nH]1. The highest BCUT2D eigenvalue weighted by Crippen LogP contribution is 2.20. The average Bonchev–Trinajstić information content (AvgIpc) is 2.31. The molecular weight excluding hydrogens is 304 g/mol. The molecule has 92 valence electrons. The Balaban J connectivity index is 2.30. The highest BCUT2D eigenvalue weighted by molar-refractivity contribution is 9.10. The van der Waals surface area contributed by atoms with Gasteiger partial charge in [0.1, 0.15) is 5.69 Å². The van der Waals surface area contributed by atoms with Crippen molar-refractivity contribution in [3.05, 3.63) is 55.5 Å². The number of amides is 1. The summed E-state index contributed by atoms with van der Waals surface area (Å²) in [5, 5.41) is 2.53. The Bertz CT molecular complexity index is 678. The molecule has 0 aliphatic heterocycles. The predicted octanol–water partition coefficient (Wildman–Crippen LogP) is 0.473. The van der Waals surface area contributed by atoms with Crippen LogP contribution in [-0.2, 0) is 0 Å². The number of carbonyl (C=O) groups excluding carboxylic acids is 1. The number of pyridine rings is 1. The Labute approximate surface area is 108 Å². The van der Waals surface area contributed by atoms with Crippen LogP contribution in [0.15, 0.2) is 38.6 Å². The largest absolute Gasteiger partial charge is 0.326 e. The van der Waals surface area contributed by atoms with E-state index >= 15 is 0 Å². The smallest absolute Gasteiger partial charge is 0.320 e. The first-order valence-corrected chi connectivity index (χ1v) is 5.60. The molecule has 0 atom stereocenters. The zero-order chi connectivity index (χ0) is 13.1. The lowest BCUT2D eigenvalue weighted by molar-refractivity contribution is 0.102. The number of carbonyl (C=O) groups is 1. The van der Waals surface area contributed by atoms with Gasteiger partial charge in [-0.2, -0.15) is 0 Å². The van der Waals surface area contributed by atoms with Crippen molar-refractivity contribution in [2.75, 3.05) is 5.32 Å². The van der Waals surface area contributed by atoms with E-state index < -0.39 is 17.2 Å². The third-order valence-electron chi connectivity index (χ3n) is 2.03. The molecule has 0 aliphatic rings. The Hall–Kier alpha value is -2.22. The van der Waals surface area contributed by atoms with Gasteiger partial charge in [-0.05, 0) is 22.0 Å². The molecule has 0 aliphatic carbocycles. The van der Waals surface area contributed by atoms with Crippen LogP contribution in [0.2, 0.25) is 0 Å². The molecule has 3 N–H and O–H groups in total. The van der Waals surface area contributed by atoms with Crippen molar-refractivity contribution in [2.45, 2.75) is 0 Å². The number of aromatic nitrogens is 3. The van der Waals surface area contributed by atoms with E-state index in [1.54, 1.807) is 6.07 Å². The molecule has 0 unspecified atom stereocenters. The maximum atomic E-state index is 11.8. The van der Waals surface area contributed by atoms with Gasteiger partial charge in [-0.15, -0.1) is 0 Å². The van der Waals surface area contributed by atoms with E-state index in [4.69, 9.17) is 0 Å². The third kappa shape index (κ3) is 2.72. The van der Waals surface area contributed by atoms with Crippen molar-refractivity contribution >= 4 is 27.5 Å². The predicted molar refractivity (Wildman–Crippen MR) is 67.6 cm³/mol. The minimum Gasteiger partial charge on any atom is -0.320 e. The van der Waals surface area contributed by atoms with Crippen LogP contribution in [0, 0.1) is 0 Å². The fraction of sp³-hybridized carbons (Fsp3) is 0. The molecule has 2 aromatic rings. The van der Waals surface area contributed by atoms with Crippen LogP contribution in [0.4, 0.5) is 5.69 Å². The lowest BCUT2D eigenvalue weighted by Crippen LogP contribution is -2.27. The number of hydrogen-bond acceptors (Lipinski definition) is 4. The second-order valence-electron chi connectivity index (χ2n) is 3.31. The number of nitrogens with one attached hydrogen (secondary N) is 3. The van der Waals surface area contributed by atoms with E-state index in [0.29, 0.717) is 10.2 Å². The minimum absolute atomic E-state index is 0.118. The highest BCUT2D eigenvalue weighted by atomic mass is 79.9. The second-order valence-corrected chi connectivity index (χ2v) is 4.17. The fourth-order valence-electron chi connectivity index (χ4n) is 1.26. The first-order chi connectivity index (χ1) is 8.56. The maximum Gasteiger partial charge on any atom is 0.326 e. The molecule has 18 heavy (non-hydrogen) atoms. The molecule has 0 fully saturated rings. The number of rotatable bonds is 2. The van der Waals surface area contributed by atoms with Gasteiger partial charge in [0, 0.05) is 18.5 Å². The number of aromatic amines is 2. The normalized spacial score (nSPS) is 10.1. The van der Waals surface area contributed by atoms with E-state index in [9.17, 15) is 14.4 Å².